The Kier molecular flexibility index (Phi) is 2.82. The lowest BCUT2D eigenvalue weighted by molar-refractivity contribution is 0.102. The molecule has 84 valence electrons. The van der Waals surface area contributed by atoms with Crippen molar-refractivity contribution in [3.63, 3.8) is 0 Å². The lowest BCUT2D eigenvalue weighted by atomic mass is 10.5. The van der Waals surface area contributed by atoms with Crippen LogP contribution in [-0.4, -0.2) is 28.3 Å². The first-order chi connectivity index (χ1) is 7.69. The van der Waals surface area contributed by atoms with Crippen LogP contribution in [0.2, 0.25) is 0 Å². The van der Waals surface area contributed by atoms with Crippen molar-refractivity contribution in [3.05, 3.63) is 16.8 Å². The van der Waals surface area contributed by atoms with Gasteiger partial charge in [0.05, 0.1) is 0 Å². The highest BCUT2D eigenvalue weighted by atomic mass is 32.1. The Hall–Kier alpha value is -1.96. The zero-order valence-corrected chi connectivity index (χ0v) is 9.46. The molecule has 16 heavy (non-hydrogen) atoms. The van der Waals surface area contributed by atoms with Crippen LogP contribution in [-0.2, 0) is 0 Å². The quantitative estimate of drug-likeness (QED) is 0.834. The Balaban J connectivity index is 2.08. The molecule has 1 amide bonds. The van der Waals surface area contributed by atoms with Crippen LogP contribution in [0.5, 0.6) is 0 Å². The number of amides is 1. The van der Waals surface area contributed by atoms with Crippen LogP contribution in [0.4, 0.5) is 10.9 Å². The van der Waals surface area contributed by atoms with Gasteiger partial charge in [-0.3, -0.25) is 4.79 Å². The standard InChI is InChI=1S/C8H9N5O2S/c1-4-3-5(13-15-4)10-6(14)7-11-12-8(9-2)16-7/h3H,1-2H3,(H,9,12)(H,10,13,14). The van der Waals surface area contributed by atoms with Crippen LogP contribution >= 0.6 is 11.3 Å². The van der Waals surface area contributed by atoms with E-state index in [9.17, 15) is 4.79 Å². The average molecular weight is 239 g/mol. The molecule has 0 bridgehead atoms. The Bertz CT molecular complexity index is 506. The maximum absolute atomic E-state index is 11.6. The summed E-state index contributed by atoms with van der Waals surface area (Å²) in [6, 6.07) is 1.62. The van der Waals surface area contributed by atoms with E-state index in [4.69, 9.17) is 4.52 Å². The molecular weight excluding hydrogens is 230 g/mol. The van der Waals surface area contributed by atoms with Gasteiger partial charge in [-0.25, -0.2) is 0 Å². The number of carbonyl (C=O) groups excluding carboxylic acids is 1. The van der Waals surface area contributed by atoms with Crippen molar-refractivity contribution in [2.75, 3.05) is 17.7 Å². The van der Waals surface area contributed by atoms with Crippen LogP contribution in [0.3, 0.4) is 0 Å². The molecule has 2 aromatic heterocycles. The first kappa shape index (κ1) is 10.6. The number of hydrogen-bond acceptors (Lipinski definition) is 7. The fourth-order valence-electron chi connectivity index (χ4n) is 1.01. The minimum absolute atomic E-state index is 0.269. The van der Waals surface area contributed by atoms with Gasteiger partial charge < -0.3 is 15.2 Å². The van der Waals surface area contributed by atoms with Crippen molar-refractivity contribution in [1.82, 2.24) is 15.4 Å². The number of rotatable bonds is 3. The van der Waals surface area contributed by atoms with Crippen LogP contribution in [0.1, 0.15) is 15.6 Å². The van der Waals surface area contributed by atoms with Crippen molar-refractivity contribution in [2.45, 2.75) is 6.92 Å². The van der Waals surface area contributed by atoms with Gasteiger partial charge in [-0.1, -0.05) is 16.5 Å². The fourth-order valence-corrected chi connectivity index (χ4v) is 1.60. The largest absolute Gasteiger partial charge is 0.363 e. The van der Waals surface area contributed by atoms with Crippen molar-refractivity contribution in [1.29, 1.82) is 0 Å². The summed E-state index contributed by atoms with van der Waals surface area (Å²) in [7, 11) is 1.71. The van der Waals surface area contributed by atoms with Crippen molar-refractivity contribution in [3.8, 4) is 0 Å². The molecule has 0 aromatic carbocycles. The summed E-state index contributed by atoms with van der Waals surface area (Å²) in [5.41, 5.74) is 0. The van der Waals surface area contributed by atoms with Crippen LogP contribution < -0.4 is 10.6 Å². The molecule has 0 saturated heterocycles. The maximum atomic E-state index is 11.6. The molecule has 2 heterocycles. The molecule has 0 fully saturated rings. The van der Waals surface area contributed by atoms with E-state index in [0.717, 1.165) is 11.3 Å². The molecule has 2 rings (SSSR count). The number of aromatic nitrogens is 3. The molecule has 2 aromatic rings. The smallest absolute Gasteiger partial charge is 0.287 e. The van der Waals surface area contributed by atoms with E-state index < -0.39 is 0 Å². The number of nitrogens with zero attached hydrogens (tertiary/aromatic N) is 3. The van der Waals surface area contributed by atoms with Gasteiger partial charge in [0.25, 0.3) is 5.91 Å². The van der Waals surface area contributed by atoms with Gasteiger partial charge in [0, 0.05) is 13.1 Å². The first-order valence-corrected chi connectivity index (χ1v) is 5.26. The fraction of sp³-hybridized carbons (Fsp3) is 0.250. The van der Waals surface area contributed by atoms with Crippen LogP contribution in [0.15, 0.2) is 10.6 Å². The molecule has 8 heteroatoms. The normalized spacial score (nSPS) is 10.1. The predicted molar refractivity (Wildman–Crippen MR) is 58.6 cm³/mol. The molecule has 7 nitrogen and oxygen atoms in total. The van der Waals surface area contributed by atoms with Crippen molar-refractivity contribution in [2.24, 2.45) is 0 Å². The zero-order valence-electron chi connectivity index (χ0n) is 8.64. The molecular formula is C8H9N5O2S. The van der Waals surface area contributed by atoms with E-state index in [1.54, 1.807) is 20.0 Å². The Morgan fingerprint density at radius 1 is 1.50 bits per heavy atom. The minimum Gasteiger partial charge on any atom is -0.363 e. The van der Waals surface area contributed by atoms with Gasteiger partial charge in [-0.2, -0.15) is 0 Å². The molecule has 0 aliphatic carbocycles. The highest BCUT2D eigenvalue weighted by Gasteiger charge is 2.13. The predicted octanol–water partition coefficient (Wildman–Crippen LogP) is 1.13. The van der Waals surface area contributed by atoms with Gasteiger partial charge in [-0.15, -0.1) is 10.2 Å². The van der Waals surface area contributed by atoms with E-state index >= 15 is 0 Å². The van der Waals surface area contributed by atoms with E-state index in [-0.39, 0.29) is 10.9 Å². The van der Waals surface area contributed by atoms with Gasteiger partial charge in [-0.05, 0) is 6.92 Å². The average Bonchev–Trinajstić information content (AvgIpc) is 2.87. The second-order valence-corrected chi connectivity index (χ2v) is 3.92. The lowest BCUT2D eigenvalue weighted by Crippen LogP contribution is -2.11. The van der Waals surface area contributed by atoms with Gasteiger partial charge in [0.2, 0.25) is 10.1 Å². The SMILES string of the molecule is CNc1nnc(C(=O)Nc2cc(C)on2)s1. The Morgan fingerprint density at radius 2 is 2.31 bits per heavy atom. The number of aryl methyl sites for hydroxylation is 1. The second-order valence-electron chi connectivity index (χ2n) is 2.94. The third-order valence-electron chi connectivity index (χ3n) is 1.70. The molecule has 0 saturated carbocycles. The third-order valence-corrected chi connectivity index (χ3v) is 2.64. The third kappa shape index (κ3) is 2.16. The zero-order chi connectivity index (χ0) is 11.5. The summed E-state index contributed by atoms with van der Waals surface area (Å²) in [5, 5.41) is 17.3. The number of hydrogen-bond donors (Lipinski definition) is 2. The maximum Gasteiger partial charge on any atom is 0.287 e. The molecule has 0 aliphatic rings. The molecule has 0 atom stereocenters. The highest BCUT2D eigenvalue weighted by Crippen LogP contribution is 2.16. The van der Waals surface area contributed by atoms with Gasteiger partial charge >= 0.3 is 0 Å². The molecule has 0 unspecified atom stereocenters. The molecule has 0 spiro atoms. The highest BCUT2D eigenvalue weighted by molar-refractivity contribution is 7.17. The second kappa shape index (κ2) is 4.27. The Morgan fingerprint density at radius 3 is 2.88 bits per heavy atom. The first-order valence-electron chi connectivity index (χ1n) is 4.45. The summed E-state index contributed by atoms with van der Waals surface area (Å²) in [4.78, 5) is 11.6. The van der Waals surface area contributed by atoms with Crippen molar-refractivity contribution < 1.29 is 9.32 Å². The topological polar surface area (TPSA) is 92.9 Å². The summed E-state index contributed by atoms with van der Waals surface area (Å²) in [6.45, 7) is 1.74. The van der Waals surface area contributed by atoms with Crippen LogP contribution in [0, 0.1) is 6.92 Å². The summed E-state index contributed by atoms with van der Waals surface area (Å²) in [6.07, 6.45) is 0. The Labute approximate surface area is 94.9 Å². The van der Waals surface area contributed by atoms with Gasteiger partial charge in [0.15, 0.2) is 5.82 Å². The van der Waals surface area contributed by atoms with E-state index in [1.807, 2.05) is 0 Å². The van der Waals surface area contributed by atoms with E-state index in [2.05, 4.69) is 26.0 Å². The molecule has 2 N–H and O–H groups in total. The van der Waals surface area contributed by atoms with Crippen LogP contribution in [0.25, 0.3) is 0 Å². The van der Waals surface area contributed by atoms with Gasteiger partial charge in [0.1, 0.15) is 5.76 Å². The summed E-state index contributed by atoms with van der Waals surface area (Å²) in [5.74, 6) is 0.638. The van der Waals surface area contributed by atoms with E-state index in [1.165, 1.54) is 0 Å². The number of nitrogens with one attached hydrogen (secondary N) is 2. The van der Waals surface area contributed by atoms with E-state index in [0.29, 0.717) is 16.7 Å². The number of anilines is 2. The number of carbonyl (C=O) groups is 1. The monoisotopic (exact) mass is 239 g/mol. The summed E-state index contributed by atoms with van der Waals surface area (Å²) >= 11 is 1.16. The summed E-state index contributed by atoms with van der Waals surface area (Å²) < 4.78 is 4.82. The van der Waals surface area contributed by atoms with Crippen molar-refractivity contribution >= 4 is 28.2 Å². The minimum atomic E-state index is -0.354. The lowest BCUT2D eigenvalue weighted by Gasteiger charge is -1.94. The molecule has 0 radical (unpaired) electrons. The molecule has 0 aliphatic heterocycles.